The molecule has 8 heteroatoms. The van der Waals surface area contributed by atoms with Crippen LogP contribution in [0.15, 0.2) is 71.1 Å². The minimum absolute atomic E-state index is 0.112. The fraction of sp³-hybridized carbons (Fsp3) is 0.292. The summed E-state index contributed by atoms with van der Waals surface area (Å²) in [4.78, 5) is 18.4. The van der Waals surface area contributed by atoms with Crippen molar-refractivity contribution in [3.63, 3.8) is 0 Å². The van der Waals surface area contributed by atoms with Crippen molar-refractivity contribution in [2.75, 3.05) is 6.61 Å². The summed E-state index contributed by atoms with van der Waals surface area (Å²) >= 11 is 0. The fourth-order valence-electron chi connectivity index (χ4n) is 4.18. The molecule has 2 unspecified atom stereocenters. The number of hydrogen-bond donors (Lipinski definition) is 3. The second-order valence-electron chi connectivity index (χ2n) is 7.76. The summed E-state index contributed by atoms with van der Waals surface area (Å²) in [6, 6.07) is 22.5. The molecule has 1 heterocycles. The summed E-state index contributed by atoms with van der Waals surface area (Å²) < 4.78 is 17.0. The maximum absolute atomic E-state index is 10.7. The van der Waals surface area contributed by atoms with Gasteiger partial charge in [-0.25, -0.2) is 0 Å². The molecule has 0 spiro atoms. The first-order chi connectivity index (χ1) is 15.5. The Bertz CT molecular complexity index is 1050. The first-order valence-electron chi connectivity index (χ1n) is 10.3. The summed E-state index contributed by atoms with van der Waals surface area (Å²) in [5.74, 6) is 1.16. The van der Waals surface area contributed by atoms with Gasteiger partial charge in [0.05, 0.1) is 24.7 Å². The number of benzene rings is 2. The highest BCUT2D eigenvalue weighted by Crippen LogP contribution is 2.44. The molecule has 1 aromatic heterocycles. The Morgan fingerprint density at radius 2 is 1.72 bits per heavy atom. The van der Waals surface area contributed by atoms with Gasteiger partial charge in [0.2, 0.25) is 8.38 Å². The quantitative estimate of drug-likeness (QED) is 0.444. The summed E-state index contributed by atoms with van der Waals surface area (Å²) in [5, 5.41) is 20.3. The zero-order chi connectivity index (χ0) is 22.5. The Labute approximate surface area is 187 Å². The highest BCUT2D eigenvalue weighted by atomic mass is 31.2. The molecule has 0 radical (unpaired) electrons. The molecule has 1 aliphatic rings. The second-order valence-corrected chi connectivity index (χ2v) is 8.78. The number of rotatable bonds is 8. The highest BCUT2D eigenvalue weighted by Gasteiger charge is 2.43. The Morgan fingerprint density at radius 1 is 1.00 bits per heavy atom. The maximum atomic E-state index is 10.7. The maximum Gasteiger partial charge on any atom is 0.237 e. The fourth-order valence-corrected chi connectivity index (χ4v) is 4.59. The van der Waals surface area contributed by atoms with Crippen molar-refractivity contribution in [2.24, 2.45) is 11.8 Å². The number of nitriles is 1. The van der Waals surface area contributed by atoms with Crippen molar-refractivity contribution in [2.45, 2.75) is 25.0 Å². The number of furan rings is 1. The van der Waals surface area contributed by atoms with E-state index >= 15 is 0 Å². The van der Waals surface area contributed by atoms with Crippen LogP contribution in [-0.4, -0.2) is 27.6 Å². The van der Waals surface area contributed by atoms with Crippen LogP contribution in [0.4, 0.5) is 0 Å². The van der Waals surface area contributed by atoms with E-state index in [1.807, 2.05) is 54.6 Å². The van der Waals surface area contributed by atoms with Gasteiger partial charge in [-0.2, -0.15) is 5.26 Å². The number of aliphatic hydroxyl groups is 1. The van der Waals surface area contributed by atoms with Crippen LogP contribution in [-0.2, 0) is 11.3 Å². The molecule has 0 aliphatic heterocycles. The standard InChI is InChI=1S/C24H24NO6P/c25-13-17-12-22(26)24(21(17)15-29-14-20-10-11-23(31-20)32(27)28)16-6-8-19(9-7-16)30-18-4-2-1-3-5-18/h1-11,17,21-22,24,26-28H,12,14-15H2/t17-,21?,22+,24?/m0/s1. The molecule has 1 saturated carbocycles. The van der Waals surface area contributed by atoms with E-state index in [0.717, 1.165) is 11.3 Å². The molecule has 4 atom stereocenters. The van der Waals surface area contributed by atoms with E-state index in [1.165, 1.54) is 6.07 Å². The van der Waals surface area contributed by atoms with E-state index in [-0.39, 0.29) is 36.5 Å². The van der Waals surface area contributed by atoms with Gasteiger partial charge in [0, 0.05) is 11.8 Å². The zero-order valence-electron chi connectivity index (χ0n) is 17.2. The highest BCUT2D eigenvalue weighted by molar-refractivity contribution is 7.53. The van der Waals surface area contributed by atoms with E-state index in [4.69, 9.17) is 13.9 Å². The monoisotopic (exact) mass is 453 g/mol. The lowest BCUT2D eigenvalue weighted by molar-refractivity contribution is 0.0579. The van der Waals surface area contributed by atoms with Crippen molar-refractivity contribution >= 4 is 13.9 Å². The van der Waals surface area contributed by atoms with Gasteiger partial charge in [0.15, 0.2) is 5.50 Å². The van der Waals surface area contributed by atoms with Gasteiger partial charge in [-0.1, -0.05) is 30.3 Å². The lowest BCUT2D eigenvalue weighted by atomic mass is 9.85. The Morgan fingerprint density at radius 3 is 2.38 bits per heavy atom. The number of nitrogens with zero attached hydrogens (tertiary/aromatic N) is 1. The summed E-state index contributed by atoms with van der Waals surface area (Å²) in [5.41, 5.74) is 1.04. The van der Waals surface area contributed by atoms with Crippen molar-refractivity contribution in [3.05, 3.63) is 78.1 Å². The molecule has 0 bridgehead atoms. The average Bonchev–Trinajstić information content (AvgIpc) is 3.40. The van der Waals surface area contributed by atoms with Crippen LogP contribution < -0.4 is 10.2 Å². The van der Waals surface area contributed by atoms with Gasteiger partial charge in [-0.15, -0.1) is 0 Å². The van der Waals surface area contributed by atoms with Crippen LogP contribution in [0.5, 0.6) is 11.5 Å². The lowest BCUT2D eigenvalue weighted by Gasteiger charge is -2.24. The normalized spacial score (nSPS) is 22.7. The predicted molar refractivity (Wildman–Crippen MR) is 118 cm³/mol. The molecule has 2 aromatic carbocycles. The Hall–Kier alpha value is -2.72. The lowest BCUT2D eigenvalue weighted by Crippen LogP contribution is -2.22. The van der Waals surface area contributed by atoms with Gasteiger partial charge < -0.3 is 28.8 Å². The van der Waals surface area contributed by atoms with Crippen molar-refractivity contribution in [3.8, 4) is 17.6 Å². The number of hydrogen-bond acceptors (Lipinski definition) is 7. The van der Waals surface area contributed by atoms with Crippen LogP contribution >= 0.6 is 8.38 Å². The third-order valence-corrected chi connectivity index (χ3v) is 6.33. The summed E-state index contributed by atoms with van der Waals surface area (Å²) in [6.45, 7) is 0.412. The molecule has 3 aromatic rings. The number of para-hydroxylation sites is 1. The molecule has 7 nitrogen and oxygen atoms in total. The van der Waals surface area contributed by atoms with E-state index in [1.54, 1.807) is 6.07 Å². The van der Waals surface area contributed by atoms with Crippen molar-refractivity contribution < 1.29 is 28.8 Å². The third-order valence-electron chi connectivity index (χ3n) is 5.70. The van der Waals surface area contributed by atoms with Gasteiger partial charge in [0.1, 0.15) is 23.9 Å². The van der Waals surface area contributed by atoms with E-state index < -0.39 is 14.5 Å². The van der Waals surface area contributed by atoms with Crippen molar-refractivity contribution in [1.29, 1.82) is 5.26 Å². The Balaban J connectivity index is 1.43. The van der Waals surface area contributed by atoms with Crippen LogP contribution in [0, 0.1) is 23.2 Å². The van der Waals surface area contributed by atoms with Crippen LogP contribution in [0.1, 0.15) is 23.7 Å². The van der Waals surface area contributed by atoms with Crippen LogP contribution in [0.2, 0.25) is 0 Å². The average molecular weight is 453 g/mol. The minimum Gasteiger partial charge on any atom is -0.457 e. The first-order valence-corrected chi connectivity index (χ1v) is 11.5. The van der Waals surface area contributed by atoms with E-state index in [2.05, 4.69) is 6.07 Å². The molecule has 1 fully saturated rings. The number of ether oxygens (including phenoxy) is 2. The molecule has 32 heavy (non-hydrogen) atoms. The molecular formula is C24H24NO6P. The van der Waals surface area contributed by atoms with Gasteiger partial charge >= 0.3 is 0 Å². The van der Waals surface area contributed by atoms with Gasteiger partial charge in [-0.05, 0) is 48.4 Å². The summed E-state index contributed by atoms with van der Waals surface area (Å²) in [7, 11) is -2.28. The molecule has 4 rings (SSSR count). The molecule has 3 N–H and O–H groups in total. The SMILES string of the molecule is N#C[C@@H]1C[C@@H](O)C(c2ccc(Oc3ccccc3)cc2)C1COCc1ccc(P(O)O)o1. The summed E-state index contributed by atoms with van der Waals surface area (Å²) in [6.07, 6.45) is -0.251. The van der Waals surface area contributed by atoms with E-state index in [9.17, 15) is 20.2 Å². The number of aliphatic hydroxyl groups excluding tert-OH is 1. The first kappa shape index (κ1) is 22.5. The second kappa shape index (κ2) is 10.3. The van der Waals surface area contributed by atoms with Crippen molar-refractivity contribution in [1.82, 2.24) is 0 Å². The zero-order valence-corrected chi connectivity index (χ0v) is 18.1. The predicted octanol–water partition coefficient (Wildman–Crippen LogP) is 3.81. The molecule has 1 aliphatic carbocycles. The molecule has 0 amide bonds. The third kappa shape index (κ3) is 5.18. The Kier molecular flexibility index (Phi) is 7.21. The van der Waals surface area contributed by atoms with Gasteiger partial charge in [-0.3, -0.25) is 0 Å². The van der Waals surface area contributed by atoms with Crippen LogP contribution in [0.25, 0.3) is 0 Å². The minimum atomic E-state index is -2.28. The molecular weight excluding hydrogens is 429 g/mol. The van der Waals surface area contributed by atoms with E-state index in [0.29, 0.717) is 17.9 Å². The molecule has 0 saturated heterocycles. The largest absolute Gasteiger partial charge is 0.457 e. The topological polar surface area (TPSA) is 116 Å². The van der Waals surface area contributed by atoms with Crippen LogP contribution in [0.3, 0.4) is 0 Å². The van der Waals surface area contributed by atoms with Gasteiger partial charge in [0.25, 0.3) is 0 Å². The molecule has 166 valence electrons. The smallest absolute Gasteiger partial charge is 0.237 e.